The van der Waals surface area contributed by atoms with Crippen LogP contribution in [0.1, 0.15) is 31.1 Å². The van der Waals surface area contributed by atoms with E-state index in [0.717, 1.165) is 6.26 Å². The van der Waals surface area contributed by atoms with E-state index in [1.54, 1.807) is 9.80 Å². The fourth-order valence-corrected chi connectivity index (χ4v) is 3.17. The second-order valence-corrected chi connectivity index (χ2v) is 9.27. The van der Waals surface area contributed by atoms with Gasteiger partial charge in [0.15, 0.2) is 9.84 Å². The molecule has 3 amide bonds. The maximum Gasteiger partial charge on any atom is 0.317 e. The van der Waals surface area contributed by atoms with Crippen LogP contribution >= 0.6 is 0 Å². The van der Waals surface area contributed by atoms with Gasteiger partial charge < -0.3 is 15.1 Å². The Labute approximate surface area is 148 Å². The maximum absolute atomic E-state index is 12.5. The van der Waals surface area contributed by atoms with Gasteiger partial charge in [-0.1, -0.05) is 0 Å². The molecule has 1 fully saturated rings. The maximum atomic E-state index is 12.5. The van der Waals surface area contributed by atoms with Crippen LogP contribution in [-0.4, -0.2) is 68.1 Å². The summed E-state index contributed by atoms with van der Waals surface area (Å²) in [5, 5.41) is 2.91. The first-order chi connectivity index (χ1) is 11.5. The van der Waals surface area contributed by atoms with Gasteiger partial charge in [-0.15, -0.1) is 0 Å². The van der Waals surface area contributed by atoms with Gasteiger partial charge in [-0.2, -0.15) is 0 Å². The number of carbonyl (C=O) groups is 2. The van der Waals surface area contributed by atoms with E-state index in [4.69, 9.17) is 0 Å². The quantitative estimate of drug-likeness (QED) is 0.855. The number of hydrogen-bond donors (Lipinski definition) is 1. The van der Waals surface area contributed by atoms with Crippen LogP contribution in [0.3, 0.4) is 0 Å². The number of rotatable bonds is 2. The largest absolute Gasteiger partial charge is 0.335 e. The van der Waals surface area contributed by atoms with Gasteiger partial charge in [-0.05, 0) is 45.0 Å². The highest BCUT2D eigenvalue weighted by Crippen LogP contribution is 2.14. The van der Waals surface area contributed by atoms with E-state index in [2.05, 4.69) is 5.32 Å². The molecular formula is C17H25N3O4S. The number of urea groups is 1. The molecule has 1 N–H and O–H groups in total. The number of amides is 3. The predicted octanol–water partition coefficient (Wildman–Crippen LogP) is 1.36. The van der Waals surface area contributed by atoms with Crippen LogP contribution in [0, 0.1) is 0 Å². The molecule has 0 bridgehead atoms. The van der Waals surface area contributed by atoms with Gasteiger partial charge in [0, 0.05) is 43.5 Å². The van der Waals surface area contributed by atoms with Gasteiger partial charge in [-0.25, -0.2) is 13.2 Å². The molecule has 0 unspecified atom stereocenters. The lowest BCUT2D eigenvalue weighted by molar-refractivity contribution is 0.0661. The third kappa shape index (κ3) is 5.19. The van der Waals surface area contributed by atoms with Crippen molar-refractivity contribution in [2.24, 2.45) is 0 Å². The summed E-state index contributed by atoms with van der Waals surface area (Å²) in [7, 11) is -3.28. The van der Waals surface area contributed by atoms with Crippen LogP contribution in [-0.2, 0) is 9.84 Å². The van der Waals surface area contributed by atoms with Gasteiger partial charge in [0.1, 0.15) is 0 Å². The van der Waals surface area contributed by atoms with Gasteiger partial charge in [0.05, 0.1) is 4.90 Å². The topological polar surface area (TPSA) is 86.8 Å². The van der Waals surface area contributed by atoms with Gasteiger partial charge in [-0.3, -0.25) is 4.79 Å². The van der Waals surface area contributed by atoms with Crippen molar-refractivity contribution in [3.63, 3.8) is 0 Å². The summed E-state index contributed by atoms with van der Waals surface area (Å²) in [6.45, 7) is 7.60. The Balaban J connectivity index is 1.96. The zero-order chi connectivity index (χ0) is 18.8. The Morgan fingerprint density at radius 2 is 1.44 bits per heavy atom. The lowest BCUT2D eigenvalue weighted by atomic mass is 10.1. The van der Waals surface area contributed by atoms with Crippen LogP contribution in [0.5, 0.6) is 0 Å². The van der Waals surface area contributed by atoms with E-state index >= 15 is 0 Å². The molecule has 1 heterocycles. The van der Waals surface area contributed by atoms with Crippen molar-refractivity contribution in [2.75, 3.05) is 32.4 Å². The minimum Gasteiger partial charge on any atom is -0.335 e. The summed E-state index contributed by atoms with van der Waals surface area (Å²) in [6, 6.07) is 5.80. The smallest absolute Gasteiger partial charge is 0.317 e. The SMILES string of the molecule is CC(C)(C)NC(=O)N1CCN(C(=O)c2ccc(S(C)(=O)=O)cc2)CC1. The standard InChI is InChI=1S/C17H25N3O4S/c1-17(2,3)18-16(22)20-11-9-19(10-12-20)15(21)13-5-7-14(8-6-13)25(4,23)24/h5-8H,9-12H2,1-4H3,(H,18,22). The molecule has 1 aliphatic rings. The first kappa shape index (κ1) is 19.2. The van der Waals surface area contributed by atoms with Gasteiger partial charge >= 0.3 is 6.03 Å². The first-order valence-electron chi connectivity index (χ1n) is 8.14. The van der Waals surface area contributed by atoms with Crippen molar-refractivity contribution >= 4 is 21.8 Å². The van der Waals surface area contributed by atoms with E-state index in [-0.39, 0.29) is 22.4 Å². The molecule has 7 nitrogen and oxygen atoms in total. The van der Waals surface area contributed by atoms with Crippen LogP contribution in [0.4, 0.5) is 4.79 Å². The first-order valence-corrected chi connectivity index (χ1v) is 10.0. The number of nitrogens with one attached hydrogen (secondary N) is 1. The van der Waals surface area contributed by atoms with Gasteiger partial charge in [0.2, 0.25) is 0 Å². The summed E-state index contributed by atoms with van der Waals surface area (Å²) < 4.78 is 23.0. The summed E-state index contributed by atoms with van der Waals surface area (Å²) in [5.74, 6) is -0.157. The average molecular weight is 367 g/mol. The van der Waals surface area contributed by atoms with Crippen molar-refractivity contribution in [1.29, 1.82) is 0 Å². The average Bonchev–Trinajstić information content (AvgIpc) is 2.52. The van der Waals surface area contributed by atoms with E-state index < -0.39 is 9.84 Å². The fraction of sp³-hybridized carbons (Fsp3) is 0.529. The molecule has 1 saturated heterocycles. The molecule has 0 aliphatic carbocycles. The highest BCUT2D eigenvalue weighted by molar-refractivity contribution is 7.90. The number of sulfone groups is 1. The Morgan fingerprint density at radius 1 is 0.960 bits per heavy atom. The minimum atomic E-state index is -3.28. The number of piperazine rings is 1. The normalized spacial score (nSPS) is 15.8. The molecule has 1 aromatic rings. The van der Waals surface area contributed by atoms with Crippen LogP contribution in [0.15, 0.2) is 29.2 Å². The monoisotopic (exact) mass is 367 g/mol. The van der Waals surface area contributed by atoms with Gasteiger partial charge in [0.25, 0.3) is 5.91 Å². The summed E-state index contributed by atoms with van der Waals surface area (Å²) in [4.78, 5) is 28.2. The molecule has 0 aromatic heterocycles. The predicted molar refractivity (Wildman–Crippen MR) is 95.3 cm³/mol. The Morgan fingerprint density at radius 3 is 1.88 bits per heavy atom. The molecule has 25 heavy (non-hydrogen) atoms. The molecule has 8 heteroatoms. The summed E-state index contributed by atoms with van der Waals surface area (Å²) >= 11 is 0. The summed E-state index contributed by atoms with van der Waals surface area (Å²) in [6.07, 6.45) is 1.13. The molecule has 1 aromatic carbocycles. The molecule has 0 saturated carbocycles. The second kappa shape index (κ2) is 7.03. The zero-order valence-corrected chi connectivity index (χ0v) is 15.9. The number of benzene rings is 1. The Hall–Kier alpha value is -2.09. The van der Waals surface area contributed by atoms with Crippen molar-refractivity contribution in [3.05, 3.63) is 29.8 Å². The lowest BCUT2D eigenvalue weighted by Gasteiger charge is -2.36. The van der Waals surface area contributed by atoms with E-state index in [1.165, 1.54) is 24.3 Å². The second-order valence-electron chi connectivity index (χ2n) is 7.26. The van der Waals surface area contributed by atoms with Crippen molar-refractivity contribution < 1.29 is 18.0 Å². The minimum absolute atomic E-state index is 0.128. The Bertz CT molecular complexity index is 743. The van der Waals surface area contributed by atoms with Crippen LogP contribution in [0.25, 0.3) is 0 Å². The third-order valence-electron chi connectivity index (χ3n) is 3.87. The fourth-order valence-electron chi connectivity index (χ4n) is 2.54. The molecule has 2 rings (SSSR count). The van der Waals surface area contributed by atoms with Crippen molar-refractivity contribution in [3.8, 4) is 0 Å². The highest BCUT2D eigenvalue weighted by atomic mass is 32.2. The Kier molecular flexibility index (Phi) is 5.41. The molecule has 0 spiro atoms. The zero-order valence-electron chi connectivity index (χ0n) is 15.1. The lowest BCUT2D eigenvalue weighted by Crippen LogP contribution is -2.56. The molecule has 138 valence electrons. The van der Waals surface area contributed by atoms with Crippen LogP contribution < -0.4 is 5.32 Å². The molecular weight excluding hydrogens is 342 g/mol. The third-order valence-corrected chi connectivity index (χ3v) is 4.99. The molecule has 0 atom stereocenters. The van der Waals surface area contributed by atoms with E-state index in [0.29, 0.717) is 31.7 Å². The van der Waals surface area contributed by atoms with E-state index in [1.807, 2.05) is 20.8 Å². The number of hydrogen-bond acceptors (Lipinski definition) is 4. The van der Waals surface area contributed by atoms with Crippen LogP contribution in [0.2, 0.25) is 0 Å². The van der Waals surface area contributed by atoms with Crippen molar-refractivity contribution in [1.82, 2.24) is 15.1 Å². The molecule has 1 aliphatic heterocycles. The van der Waals surface area contributed by atoms with E-state index in [9.17, 15) is 18.0 Å². The summed E-state index contributed by atoms with van der Waals surface area (Å²) in [5.41, 5.74) is 0.144. The van der Waals surface area contributed by atoms with Crippen molar-refractivity contribution in [2.45, 2.75) is 31.2 Å². The number of nitrogens with zero attached hydrogens (tertiary/aromatic N) is 2. The number of carbonyl (C=O) groups excluding carboxylic acids is 2. The highest BCUT2D eigenvalue weighted by Gasteiger charge is 2.26. The molecule has 0 radical (unpaired) electrons.